The van der Waals surface area contributed by atoms with Crippen molar-refractivity contribution < 1.29 is 0 Å². The summed E-state index contributed by atoms with van der Waals surface area (Å²) in [5.41, 5.74) is 16.9. The van der Waals surface area contributed by atoms with E-state index in [-0.39, 0.29) is 0 Å². The zero-order valence-electron chi connectivity index (χ0n) is 18.2. The lowest BCUT2D eigenvalue weighted by atomic mass is 9.95. The van der Waals surface area contributed by atoms with Crippen LogP contribution in [0.3, 0.4) is 0 Å². The molecule has 0 saturated carbocycles. The van der Waals surface area contributed by atoms with E-state index in [0.717, 1.165) is 30.0 Å². The smallest absolute Gasteiger partial charge is 0.171 e. The number of anilines is 2. The molecule has 2 nitrogen and oxygen atoms in total. The van der Waals surface area contributed by atoms with E-state index in [0.29, 0.717) is 0 Å². The van der Waals surface area contributed by atoms with Crippen LogP contribution >= 0.6 is 0 Å². The SMILES string of the molecule is CCNc1cc(C#C[SiH]2C=C(c3ccccc3)C(c3ccccc3)=C2)cc(NCC)c1. The fourth-order valence-electron chi connectivity index (χ4n) is 3.89. The molecule has 1 aliphatic rings. The van der Waals surface area contributed by atoms with E-state index >= 15 is 0 Å². The van der Waals surface area contributed by atoms with E-state index in [4.69, 9.17) is 0 Å². The maximum atomic E-state index is 3.62. The van der Waals surface area contributed by atoms with Crippen molar-refractivity contribution >= 4 is 31.3 Å². The van der Waals surface area contributed by atoms with Gasteiger partial charge in [-0.05, 0) is 54.3 Å². The maximum Gasteiger partial charge on any atom is 0.171 e. The average molecular weight is 421 g/mol. The molecule has 3 aromatic carbocycles. The highest BCUT2D eigenvalue weighted by Gasteiger charge is 2.20. The minimum atomic E-state index is -1.50. The van der Waals surface area contributed by atoms with Gasteiger partial charge in [0.25, 0.3) is 0 Å². The summed E-state index contributed by atoms with van der Waals surface area (Å²) < 4.78 is 0. The number of hydrogen-bond acceptors (Lipinski definition) is 2. The van der Waals surface area contributed by atoms with E-state index in [9.17, 15) is 0 Å². The normalized spacial score (nSPS) is 13.1. The van der Waals surface area contributed by atoms with Gasteiger partial charge < -0.3 is 10.6 Å². The Morgan fingerprint density at radius 2 is 1.16 bits per heavy atom. The van der Waals surface area contributed by atoms with Crippen molar-refractivity contribution in [3.63, 3.8) is 0 Å². The zero-order valence-corrected chi connectivity index (χ0v) is 19.3. The van der Waals surface area contributed by atoms with Crippen LogP contribution in [0.4, 0.5) is 11.4 Å². The third-order valence-corrected chi connectivity index (χ3v) is 7.09. The molecule has 0 aromatic heterocycles. The Balaban J connectivity index is 1.69. The molecule has 3 aromatic rings. The minimum absolute atomic E-state index is 0.895. The fraction of sp³-hybridized carbons (Fsp3) is 0.143. The van der Waals surface area contributed by atoms with E-state index < -0.39 is 8.80 Å². The number of hydrogen-bond donors (Lipinski definition) is 2. The molecule has 0 amide bonds. The lowest BCUT2D eigenvalue weighted by Gasteiger charge is -2.09. The average Bonchev–Trinajstić information content (AvgIpc) is 3.24. The number of nitrogens with one attached hydrogen (secondary N) is 2. The summed E-state index contributed by atoms with van der Waals surface area (Å²) in [7, 11) is -1.50. The summed E-state index contributed by atoms with van der Waals surface area (Å²) in [4.78, 5) is 0. The van der Waals surface area contributed by atoms with Gasteiger partial charge in [0, 0.05) is 30.0 Å². The van der Waals surface area contributed by atoms with Crippen molar-refractivity contribution in [3.8, 4) is 11.5 Å². The molecule has 154 valence electrons. The molecule has 3 heteroatoms. The Bertz CT molecular complexity index is 1070. The summed E-state index contributed by atoms with van der Waals surface area (Å²) in [6.07, 6.45) is 0. The second-order valence-electron chi connectivity index (χ2n) is 7.55. The first-order valence-electron chi connectivity index (χ1n) is 11.0. The van der Waals surface area contributed by atoms with Gasteiger partial charge in [-0.25, -0.2) is 0 Å². The van der Waals surface area contributed by atoms with Crippen LogP contribution in [0.25, 0.3) is 11.1 Å². The van der Waals surface area contributed by atoms with Gasteiger partial charge in [-0.15, -0.1) is 5.54 Å². The summed E-state index contributed by atoms with van der Waals surface area (Å²) in [6.45, 7) is 6.02. The third kappa shape index (κ3) is 5.17. The van der Waals surface area contributed by atoms with E-state index in [1.165, 1.54) is 22.3 Å². The van der Waals surface area contributed by atoms with Gasteiger partial charge in [0.05, 0.1) is 0 Å². The molecule has 1 heterocycles. The van der Waals surface area contributed by atoms with Crippen LogP contribution in [0.2, 0.25) is 0 Å². The van der Waals surface area contributed by atoms with Crippen molar-refractivity contribution in [2.24, 2.45) is 0 Å². The molecular formula is C28H28N2Si. The fourth-order valence-corrected chi connectivity index (χ4v) is 5.95. The van der Waals surface area contributed by atoms with Gasteiger partial charge in [-0.2, -0.15) is 0 Å². The second-order valence-corrected chi connectivity index (χ2v) is 9.55. The van der Waals surface area contributed by atoms with Gasteiger partial charge >= 0.3 is 0 Å². The summed E-state index contributed by atoms with van der Waals surface area (Å²) in [5.74, 6) is 3.47. The lowest BCUT2D eigenvalue weighted by Crippen LogP contribution is -2.02. The van der Waals surface area contributed by atoms with Crippen LogP contribution in [-0.2, 0) is 0 Å². The number of benzene rings is 3. The third-order valence-electron chi connectivity index (χ3n) is 5.23. The highest BCUT2D eigenvalue weighted by atomic mass is 28.3. The Morgan fingerprint density at radius 1 is 0.677 bits per heavy atom. The quantitative estimate of drug-likeness (QED) is 0.382. The molecule has 0 fully saturated rings. The van der Waals surface area contributed by atoms with Crippen molar-refractivity contribution in [1.82, 2.24) is 0 Å². The van der Waals surface area contributed by atoms with Crippen molar-refractivity contribution in [2.45, 2.75) is 13.8 Å². The molecule has 0 unspecified atom stereocenters. The molecule has 4 rings (SSSR count). The van der Waals surface area contributed by atoms with Crippen molar-refractivity contribution in [3.05, 3.63) is 107 Å². The second kappa shape index (κ2) is 10.0. The molecular weight excluding hydrogens is 392 g/mol. The largest absolute Gasteiger partial charge is 0.385 e. The molecule has 31 heavy (non-hydrogen) atoms. The molecule has 2 N–H and O–H groups in total. The van der Waals surface area contributed by atoms with Crippen LogP contribution in [-0.4, -0.2) is 21.9 Å². The van der Waals surface area contributed by atoms with Gasteiger partial charge in [0.15, 0.2) is 8.80 Å². The summed E-state index contributed by atoms with van der Waals surface area (Å²) in [5, 5.41) is 6.82. The van der Waals surface area contributed by atoms with E-state index in [1.54, 1.807) is 0 Å². The van der Waals surface area contributed by atoms with Crippen molar-refractivity contribution in [2.75, 3.05) is 23.7 Å². The molecule has 0 atom stereocenters. The highest BCUT2D eigenvalue weighted by Crippen LogP contribution is 2.35. The van der Waals surface area contributed by atoms with Crippen LogP contribution in [0.5, 0.6) is 0 Å². The molecule has 0 bridgehead atoms. The Morgan fingerprint density at radius 3 is 1.61 bits per heavy atom. The minimum Gasteiger partial charge on any atom is -0.385 e. The van der Waals surface area contributed by atoms with Crippen LogP contribution in [0, 0.1) is 11.5 Å². The zero-order chi connectivity index (χ0) is 21.5. The van der Waals surface area contributed by atoms with E-state index in [1.807, 2.05) is 0 Å². The van der Waals surface area contributed by atoms with Crippen LogP contribution in [0.1, 0.15) is 30.5 Å². The number of allylic oxidation sites excluding steroid dienone is 2. The standard InChI is InChI=1S/C28H28N2Si/c1-3-29-25-17-22(18-26(19-25)30-4-2)15-16-31-20-27(23-11-7-5-8-12-23)28(21-31)24-13-9-6-10-14-24/h5-14,17-21,29-31H,3-4H2,1-2H3. The van der Waals surface area contributed by atoms with Crippen molar-refractivity contribution in [1.29, 1.82) is 0 Å². The molecule has 0 aliphatic carbocycles. The monoisotopic (exact) mass is 420 g/mol. The number of rotatable bonds is 6. The van der Waals surface area contributed by atoms with E-state index in [2.05, 4.69) is 126 Å². The van der Waals surface area contributed by atoms with Gasteiger partial charge in [-0.1, -0.05) is 78.0 Å². The van der Waals surface area contributed by atoms with Gasteiger partial charge in [-0.3, -0.25) is 0 Å². The molecule has 0 radical (unpaired) electrons. The molecule has 0 saturated heterocycles. The highest BCUT2D eigenvalue weighted by molar-refractivity contribution is 6.81. The topological polar surface area (TPSA) is 24.1 Å². The van der Waals surface area contributed by atoms with Gasteiger partial charge in [0.1, 0.15) is 0 Å². The van der Waals surface area contributed by atoms with Crippen LogP contribution < -0.4 is 10.6 Å². The first kappa shape index (κ1) is 20.8. The summed E-state index contributed by atoms with van der Waals surface area (Å²) in [6, 6.07) is 27.7. The Kier molecular flexibility index (Phi) is 6.71. The lowest BCUT2D eigenvalue weighted by molar-refractivity contribution is 1.19. The first-order valence-corrected chi connectivity index (χ1v) is 12.9. The van der Waals surface area contributed by atoms with Gasteiger partial charge in [0.2, 0.25) is 0 Å². The predicted octanol–water partition coefficient (Wildman–Crippen LogP) is 5.93. The Labute approximate surface area is 187 Å². The first-order chi connectivity index (χ1) is 15.3. The molecule has 0 spiro atoms. The predicted molar refractivity (Wildman–Crippen MR) is 138 cm³/mol. The van der Waals surface area contributed by atoms with Crippen LogP contribution in [0.15, 0.2) is 90.3 Å². The molecule has 1 aliphatic heterocycles. The summed E-state index contributed by atoms with van der Waals surface area (Å²) >= 11 is 0. The maximum absolute atomic E-state index is 3.62. The Hall–Kier alpha value is -3.48.